The zero-order chi connectivity index (χ0) is 19.6. The third kappa shape index (κ3) is 3.30. The van der Waals surface area contributed by atoms with Crippen molar-refractivity contribution in [3.05, 3.63) is 81.4 Å². The van der Waals surface area contributed by atoms with Gasteiger partial charge < -0.3 is 15.7 Å². The molecule has 1 amide bonds. The number of nitro groups is 1. The van der Waals surface area contributed by atoms with Gasteiger partial charge in [0.25, 0.3) is 17.4 Å². The van der Waals surface area contributed by atoms with Crippen LogP contribution in [0.25, 0.3) is 5.76 Å². The standard InChI is InChI=1S/C19H17N3O5/c20-10-11-21-16(12-6-8-14(9-7-12)22(26)27)15(18(24)19(21)25)17(23)13-4-2-1-3-5-13/h1-9,16,23H,10-11,20H2/b17-15+. The number of Topliss-reactive ketones (excluding diaryl/α,β-unsaturated/α-hetero) is 1. The molecule has 0 bridgehead atoms. The van der Waals surface area contributed by atoms with Gasteiger partial charge in [0.1, 0.15) is 5.76 Å². The fraction of sp³-hybridized carbons (Fsp3) is 0.158. The molecule has 1 unspecified atom stereocenters. The smallest absolute Gasteiger partial charge is 0.295 e. The molecule has 1 aliphatic heterocycles. The predicted molar refractivity (Wildman–Crippen MR) is 97.6 cm³/mol. The van der Waals surface area contributed by atoms with E-state index in [0.29, 0.717) is 11.1 Å². The highest BCUT2D eigenvalue weighted by molar-refractivity contribution is 6.46. The zero-order valence-corrected chi connectivity index (χ0v) is 14.2. The van der Waals surface area contributed by atoms with Gasteiger partial charge >= 0.3 is 0 Å². The van der Waals surface area contributed by atoms with Crippen LogP contribution in [-0.2, 0) is 9.59 Å². The van der Waals surface area contributed by atoms with Crippen LogP contribution in [0, 0.1) is 10.1 Å². The van der Waals surface area contributed by atoms with Crippen LogP contribution in [0.5, 0.6) is 0 Å². The van der Waals surface area contributed by atoms with Crippen molar-refractivity contribution in [1.29, 1.82) is 0 Å². The number of carbonyl (C=O) groups is 2. The maximum absolute atomic E-state index is 12.6. The van der Waals surface area contributed by atoms with Gasteiger partial charge in [-0.2, -0.15) is 0 Å². The fourth-order valence-corrected chi connectivity index (χ4v) is 3.13. The van der Waals surface area contributed by atoms with Crippen LogP contribution in [0.15, 0.2) is 60.2 Å². The second kappa shape index (κ2) is 7.38. The number of ketones is 1. The lowest BCUT2D eigenvalue weighted by Crippen LogP contribution is -2.34. The maximum Gasteiger partial charge on any atom is 0.295 e. The number of amides is 1. The van der Waals surface area contributed by atoms with E-state index >= 15 is 0 Å². The van der Waals surface area contributed by atoms with Gasteiger partial charge in [-0.3, -0.25) is 19.7 Å². The first kappa shape index (κ1) is 18.3. The molecular weight excluding hydrogens is 350 g/mol. The molecule has 1 atom stereocenters. The molecule has 8 nitrogen and oxygen atoms in total. The summed E-state index contributed by atoms with van der Waals surface area (Å²) >= 11 is 0. The molecule has 1 aliphatic rings. The first-order valence-electron chi connectivity index (χ1n) is 8.24. The van der Waals surface area contributed by atoms with Gasteiger partial charge in [-0.1, -0.05) is 30.3 Å². The van der Waals surface area contributed by atoms with E-state index in [-0.39, 0.29) is 30.1 Å². The Hall–Kier alpha value is -3.52. The number of carbonyl (C=O) groups excluding carboxylic acids is 2. The highest BCUT2D eigenvalue weighted by atomic mass is 16.6. The maximum atomic E-state index is 12.6. The third-order valence-corrected chi connectivity index (χ3v) is 4.38. The second-order valence-electron chi connectivity index (χ2n) is 6.00. The lowest BCUT2D eigenvalue weighted by molar-refractivity contribution is -0.384. The average Bonchev–Trinajstić information content (AvgIpc) is 2.93. The highest BCUT2D eigenvalue weighted by Gasteiger charge is 2.45. The van der Waals surface area contributed by atoms with Crippen LogP contribution >= 0.6 is 0 Å². The first-order chi connectivity index (χ1) is 13.0. The molecule has 1 heterocycles. The van der Waals surface area contributed by atoms with E-state index in [1.165, 1.54) is 29.2 Å². The molecule has 2 aromatic rings. The number of hydrogen-bond donors (Lipinski definition) is 2. The van der Waals surface area contributed by atoms with E-state index in [1.54, 1.807) is 30.3 Å². The molecule has 2 aromatic carbocycles. The van der Waals surface area contributed by atoms with Crippen LogP contribution in [0.1, 0.15) is 17.2 Å². The number of likely N-dealkylation sites (tertiary alicyclic amines) is 1. The van der Waals surface area contributed by atoms with Crippen molar-refractivity contribution in [2.45, 2.75) is 6.04 Å². The van der Waals surface area contributed by atoms with Gasteiger partial charge in [0.2, 0.25) is 0 Å². The Morgan fingerprint density at radius 1 is 1.11 bits per heavy atom. The summed E-state index contributed by atoms with van der Waals surface area (Å²) in [6.45, 7) is 0.236. The van der Waals surface area contributed by atoms with Crippen molar-refractivity contribution in [3.8, 4) is 0 Å². The van der Waals surface area contributed by atoms with Crippen LogP contribution in [0.4, 0.5) is 5.69 Å². The Morgan fingerprint density at radius 2 is 1.74 bits per heavy atom. The molecule has 0 radical (unpaired) electrons. The molecule has 27 heavy (non-hydrogen) atoms. The lowest BCUT2D eigenvalue weighted by Gasteiger charge is -2.24. The summed E-state index contributed by atoms with van der Waals surface area (Å²) in [7, 11) is 0. The van der Waals surface area contributed by atoms with Crippen LogP contribution < -0.4 is 5.73 Å². The number of rotatable bonds is 5. The summed E-state index contributed by atoms with van der Waals surface area (Å²) in [5.41, 5.74) is 6.28. The number of hydrogen-bond acceptors (Lipinski definition) is 6. The first-order valence-corrected chi connectivity index (χ1v) is 8.24. The van der Waals surface area contributed by atoms with Crippen molar-refractivity contribution < 1.29 is 19.6 Å². The van der Waals surface area contributed by atoms with Gasteiger partial charge in [0, 0.05) is 30.8 Å². The molecule has 0 spiro atoms. The van der Waals surface area contributed by atoms with E-state index in [4.69, 9.17) is 5.73 Å². The second-order valence-corrected chi connectivity index (χ2v) is 6.00. The number of non-ortho nitro benzene ring substituents is 1. The summed E-state index contributed by atoms with van der Waals surface area (Å²) in [6.07, 6.45) is 0. The quantitative estimate of drug-likeness (QED) is 0.273. The highest BCUT2D eigenvalue weighted by Crippen LogP contribution is 2.39. The predicted octanol–water partition coefficient (Wildman–Crippen LogP) is 1.98. The van der Waals surface area contributed by atoms with Crippen molar-refractivity contribution in [3.63, 3.8) is 0 Å². The summed E-state index contributed by atoms with van der Waals surface area (Å²) in [4.78, 5) is 36.7. The molecule has 138 valence electrons. The molecule has 3 rings (SSSR count). The molecule has 0 aliphatic carbocycles. The van der Waals surface area contributed by atoms with Gasteiger partial charge in [-0.15, -0.1) is 0 Å². The Bertz CT molecular complexity index is 922. The average molecular weight is 367 g/mol. The number of nitro benzene ring substituents is 1. The molecule has 0 saturated carbocycles. The summed E-state index contributed by atoms with van der Waals surface area (Å²) in [5, 5.41) is 21.6. The van der Waals surface area contributed by atoms with E-state index in [2.05, 4.69) is 0 Å². The SMILES string of the molecule is NCCN1C(=O)C(=O)/C(=C(/O)c2ccccc2)C1c1ccc([N+](=O)[O-])cc1. The minimum Gasteiger partial charge on any atom is -0.507 e. The molecule has 0 aromatic heterocycles. The van der Waals surface area contributed by atoms with Crippen LogP contribution in [0.3, 0.4) is 0 Å². The zero-order valence-electron chi connectivity index (χ0n) is 14.2. The van der Waals surface area contributed by atoms with Gasteiger partial charge in [-0.05, 0) is 17.7 Å². The van der Waals surface area contributed by atoms with E-state index in [9.17, 15) is 24.8 Å². The molecule has 8 heteroatoms. The minimum atomic E-state index is -0.866. The van der Waals surface area contributed by atoms with Crippen molar-refractivity contribution in [2.75, 3.05) is 13.1 Å². The summed E-state index contributed by atoms with van der Waals surface area (Å²) in [6, 6.07) is 13.1. The topological polar surface area (TPSA) is 127 Å². The van der Waals surface area contributed by atoms with Crippen molar-refractivity contribution >= 4 is 23.1 Å². The molecule has 3 N–H and O–H groups in total. The largest absolute Gasteiger partial charge is 0.507 e. The lowest BCUT2D eigenvalue weighted by atomic mass is 9.95. The van der Waals surface area contributed by atoms with Gasteiger partial charge in [0.05, 0.1) is 16.5 Å². The number of nitrogens with zero attached hydrogens (tertiary/aromatic N) is 2. The number of aliphatic hydroxyl groups excluding tert-OH is 1. The number of benzene rings is 2. The van der Waals surface area contributed by atoms with Gasteiger partial charge in [-0.25, -0.2) is 0 Å². The molecule has 1 saturated heterocycles. The molecular formula is C19H17N3O5. The Balaban J connectivity index is 2.16. The third-order valence-electron chi connectivity index (χ3n) is 4.38. The molecule has 1 fully saturated rings. The summed E-state index contributed by atoms with van der Waals surface area (Å²) < 4.78 is 0. The Kier molecular flexibility index (Phi) is 5.00. The van der Waals surface area contributed by atoms with Gasteiger partial charge in [0.15, 0.2) is 0 Å². The van der Waals surface area contributed by atoms with Crippen LogP contribution in [0.2, 0.25) is 0 Å². The van der Waals surface area contributed by atoms with E-state index in [0.717, 1.165) is 0 Å². The van der Waals surface area contributed by atoms with Crippen molar-refractivity contribution in [1.82, 2.24) is 4.90 Å². The monoisotopic (exact) mass is 367 g/mol. The minimum absolute atomic E-state index is 0.0616. The normalized spacial score (nSPS) is 18.7. The van der Waals surface area contributed by atoms with Crippen LogP contribution in [-0.4, -0.2) is 39.7 Å². The Labute approximate surface area is 154 Å². The summed E-state index contributed by atoms with van der Waals surface area (Å²) in [5.74, 6) is -1.87. The fourth-order valence-electron chi connectivity index (χ4n) is 3.13. The van der Waals surface area contributed by atoms with Crippen molar-refractivity contribution in [2.24, 2.45) is 5.73 Å². The van der Waals surface area contributed by atoms with E-state index < -0.39 is 22.7 Å². The number of nitrogens with two attached hydrogens (primary N) is 1. The number of aliphatic hydroxyl groups is 1. The van der Waals surface area contributed by atoms with E-state index in [1.807, 2.05) is 0 Å². The Morgan fingerprint density at radius 3 is 2.30 bits per heavy atom.